The number of hydrogen-bond donors (Lipinski definition) is 2. The molecule has 3 aliphatic carbocycles. The summed E-state index contributed by atoms with van der Waals surface area (Å²) < 4.78 is 5.36. The zero-order valence-electron chi connectivity index (χ0n) is 19.1. The standard InChI is InChI=1S/C24H41NO4/c1-15-16(13-21(28)29-12-11-25(5)6)7-8-17-22(15)18(26)14-19-23(2,3)20(27)9-10-24(17,19)4/h13,15,17-20,22,26-27H,7-12,14H2,1-6H3/b16-13+/t15-,17+,18-,19-,20-,22-,24+/m0/s1. The number of fused-ring (bicyclic) bond motifs is 3. The van der Waals surface area contributed by atoms with E-state index in [1.807, 2.05) is 19.0 Å². The second-order valence-electron chi connectivity index (χ2n) is 10.9. The zero-order chi connectivity index (χ0) is 21.6. The summed E-state index contributed by atoms with van der Waals surface area (Å²) in [6.45, 7) is 10.0. The van der Waals surface area contributed by atoms with Crippen LogP contribution in [0.1, 0.15) is 59.8 Å². The maximum atomic E-state index is 12.3. The third-order valence-corrected chi connectivity index (χ3v) is 8.73. The van der Waals surface area contributed by atoms with Gasteiger partial charge in [-0.2, -0.15) is 0 Å². The molecule has 0 aliphatic heterocycles. The Morgan fingerprint density at radius 1 is 1.24 bits per heavy atom. The summed E-state index contributed by atoms with van der Waals surface area (Å²) in [6, 6.07) is 0. The minimum Gasteiger partial charge on any atom is -0.461 e. The van der Waals surface area contributed by atoms with Gasteiger partial charge in [-0.05, 0) is 80.7 Å². The average Bonchev–Trinajstić information content (AvgIpc) is 2.63. The van der Waals surface area contributed by atoms with Crippen LogP contribution in [-0.4, -0.2) is 60.5 Å². The Morgan fingerprint density at radius 3 is 2.59 bits per heavy atom. The van der Waals surface area contributed by atoms with E-state index < -0.39 is 0 Å². The van der Waals surface area contributed by atoms with Crippen LogP contribution in [0.2, 0.25) is 0 Å². The Labute approximate surface area is 176 Å². The maximum absolute atomic E-state index is 12.3. The van der Waals surface area contributed by atoms with Gasteiger partial charge < -0.3 is 19.8 Å². The van der Waals surface area contributed by atoms with Crippen molar-refractivity contribution in [1.29, 1.82) is 0 Å². The molecule has 0 spiro atoms. The molecule has 0 unspecified atom stereocenters. The molecular weight excluding hydrogens is 366 g/mol. The van der Waals surface area contributed by atoms with Gasteiger partial charge >= 0.3 is 5.97 Å². The first-order valence-electron chi connectivity index (χ1n) is 11.4. The largest absolute Gasteiger partial charge is 0.461 e. The van der Waals surface area contributed by atoms with Crippen LogP contribution < -0.4 is 0 Å². The molecule has 2 N–H and O–H groups in total. The summed E-state index contributed by atoms with van der Waals surface area (Å²) >= 11 is 0. The number of likely N-dealkylation sites (N-methyl/N-ethyl adjacent to an activating group) is 1. The van der Waals surface area contributed by atoms with E-state index in [2.05, 4.69) is 27.7 Å². The van der Waals surface area contributed by atoms with E-state index in [9.17, 15) is 15.0 Å². The van der Waals surface area contributed by atoms with Gasteiger partial charge in [0.15, 0.2) is 0 Å². The minimum absolute atomic E-state index is 0.138. The summed E-state index contributed by atoms with van der Waals surface area (Å²) in [4.78, 5) is 14.3. The highest BCUT2D eigenvalue weighted by molar-refractivity contribution is 5.83. The van der Waals surface area contributed by atoms with Crippen LogP contribution in [0.3, 0.4) is 0 Å². The van der Waals surface area contributed by atoms with Gasteiger partial charge in [0.05, 0.1) is 12.2 Å². The fourth-order valence-electron chi connectivity index (χ4n) is 6.93. The normalized spacial score (nSPS) is 43.0. The first-order chi connectivity index (χ1) is 13.5. The quantitative estimate of drug-likeness (QED) is 0.553. The van der Waals surface area contributed by atoms with Crippen LogP contribution in [0.5, 0.6) is 0 Å². The monoisotopic (exact) mass is 407 g/mol. The van der Waals surface area contributed by atoms with Crippen molar-refractivity contribution in [3.05, 3.63) is 11.6 Å². The van der Waals surface area contributed by atoms with Crippen molar-refractivity contribution in [3.63, 3.8) is 0 Å². The van der Waals surface area contributed by atoms with Crippen molar-refractivity contribution in [2.45, 2.75) is 72.0 Å². The Kier molecular flexibility index (Phi) is 6.53. The fraction of sp³-hybridized carbons (Fsp3) is 0.875. The van der Waals surface area contributed by atoms with Gasteiger partial charge in [0, 0.05) is 12.6 Å². The van der Waals surface area contributed by atoms with Crippen LogP contribution in [0, 0.1) is 34.5 Å². The van der Waals surface area contributed by atoms with Crippen LogP contribution in [0.4, 0.5) is 0 Å². The Bertz CT molecular complexity index is 643. The molecule has 3 fully saturated rings. The second kappa shape index (κ2) is 8.32. The third-order valence-electron chi connectivity index (χ3n) is 8.73. The van der Waals surface area contributed by atoms with E-state index >= 15 is 0 Å². The molecule has 0 bridgehead atoms. The van der Waals surface area contributed by atoms with E-state index in [-0.39, 0.29) is 40.8 Å². The number of aliphatic hydroxyl groups is 2. The van der Waals surface area contributed by atoms with Crippen molar-refractivity contribution in [2.24, 2.45) is 34.5 Å². The third kappa shape index (κ3) is 4.15. The number of esters is 1. The van der Waals surface area contributed by atoms with Gasteiger partial charge in [-0.25, -0.2) is 4.79 Å². The number of allylic oxidation sites excluding steroid dienone is 1. The number of hydrogen-bond acceptors (Lipinski definition) is 5. The number of carbonyl (C=O) groups excluding carboxylic acids is 1. The summed E-state index contributed by atoms with van der Waals surface area (Å²) in [5.41, 5.74) is 1.09. The number of rotatable bonds is 4. The summed E-state index contributed by atoms with van der Waals surface area (Å²) in [5.74, 6) is 0.849. The van der Waals surface area contributed by atoms with Crippen LogP contribution in [-0.2, 0) is 9.53 Å². The first kappa shape index (κ1) is 22.8. The minimum atomic E-state index is -0.383. The van der Waals surface area contributed by atoms with Gasteiger partial charge in [0.1, 0.15) is 6.61 Å². The van der Waals surface area contributed by atoms with E-state index in [1.165, 1.54) is 0 Å². The van der Waals surface area contributed by atoms with Gasteiger partial charge in [-0.3, -0.25) is 0 Å². The lowest BCUT2D eigenvalue weighted by Gasteiger charge is -2.64. The molecule has 5 heteroatoms. The zero-order valence-corrected chi connectivity index (χ0v) is 19.1. The van der Waals surface area contributed by atoms with Gasteiger partial charge in [0.25, 0.3) is 0 Å². The molecule has 0 amide bonds. The van der Waals surface area contributed by atoms with E-state index in [4.69, 9.17) is 4.74 Å². The smallest absolute Gasteiger partial charge is 0.330 e. The summed E-state index contributed by atoms with van der Waals surface area (Å²) in [5, 5.41) is 21.8. The molecule has 3 aliphatic rings. The molecular formula is C24H41NO4. The maximum Gasteiger partial charge on any atom is 0.330 e. The predicted octanol–water partition coefficient (Wildman–Crippen LogP) is 3.25. The lowest BCUT2D eigenvalue weighted by Crippen LogP contribution is -2.61. The number of carbonyl (C=O) groups is 1. The second-order valence-corrected chi connectivity index (χ2v) is 10.9. The average molecular weight is 408 g/mol. The van der Waals surface area contributed by atoms with E-state index in [1.54, 1.807) is 6.08 Å². The molecule has 0 aromatic heterocycles. The highest BCUT2D eigenvalue weighted by Crippen LogP contribution is 2.64. The first-order valence-corrected chi connectivity index (χ1v) is 11.4. The summed E-state index contributed by atoms with van der Waals surface area (Å²) in [6.07, 6.45) is 5.51. The molecule has 0 radical (unpaired) electrons. The predicted molar refractivity (Wildman–Crippen MR) is 114 cm³/mol. The Morgan fingerprint density at radius 2 is 1.93 bits per heavy atom. The molecule has 166 valence electrons. The van der Waals surface area contributed by atoms with E-state index in [0.29, 0.717) is 18.4 Å². The van der Waals surface area contributed by atoms with Crippen molar-refractivity contribution >= 4 is 5.97 Å². The van der Waals surface area contributed by atoms with Gasteiger partial charge in [-0.15, -0.1) is 0 Å². The van der Waals surface area contributed by atoms with Gasteiger partial charge in [-0.1, -0.05) is 33.3 Å². The molecule has 0 aromatic carbocycles. The SMILES string of the molecule is C[C@H]1/C(=C/C(=O)OCCN(C)C)CC[C@@H]2[C@H]1[C@@H](O)C[C@H]1C(C)(C)[C@@H](O)CC[C@]21C. The van der Waals surface area contributed by atoms with E-state index in [0.717, 1.165) is 44.2 Å². The molecule has 29 heavy (non-hydrogen) atoms. The molecule has 0 heterocycles. The molecule has 0 saturated heterocycles. The molecule has 3 saturated carbocycles. The van der Waals surface area contributed by atoms with Crippen LogP contribution in [0.25, 0.3) is 0 Å². The number of aliphatic hydroxyl groups excluding tert-OH is 2. The fourth-order valence-corrected chi connectivity index (χ4v) is 6.93. The molecule has 0 aromatic rings. The number of ether oxygens (including phenoxy) is 1. The number of nitrogens with zero attached hydrogens (tertiary/aromatic N) is 1. The molecule has 3 rings (SSSR count). The Hall–Kier alpha value is -0.910. The lowest BCUT2D eigenvalue weighted by molar-refractivity contribution is -0.190. The lowest BCUT2D eigenvalue weighted by atomic mass is 9.42. The van der Waals surface area contributed by atoms with Gasteiger partial charge in [0.2, 0.25) is 0 Å². The van der Waals surface area contributed by atoms with Crippen molar-refractivity contribution in [2.75, 3.05) is 27.2 Å². The summed E-state index contributed by atoms with van der Waals surface area (Å²) in [7, 11) is 3.92. The highest BCUT2D eigenvalue weighted by Gasteiger charge is 2.60. The van der Waals surface area contributed by atoms with Crippen LogP contribution >= 0.6 is 0 Å². The molecule has 5 nitrogen and oxygen atoms in total. The van der Waals surface area contributed by atoms with Crippen molar-refractivity contribution < 1.29 is 19.7 Å². The van der Waals surface area contributed by atoms with Crippen molar-refractivity contribution in [1.82, 2.24) is 4.90 Å². The Balaban J connectivity index is 1.77. The highest BCUT2D eigenvalue weighted by atomic mass is 16.5. The topological polar surface area (TPSA) is 70.0 Å². The molecule has 7 atom stereocenters. The van der Waals surface area contributed by atoms with Crippen molar-refractivity contribution in [3.8, 4) is 0 Å². The van der Waals surface area contributed by atoms with Crippen LogP contribution in [0.15, 0.2) is 11.6 Å².